The normalized spacial score (nSPS) is 16.0. The lowest BCUT2D eigenvalue weighted by molar-refractivity contribution is -0.145. The number of hydrogen-bond acceptors (Lipinski definition) is 9. The van der Waals surface area contributed by atoms with Crippen molar-refractivity contribution >= 4 is 19.4 Å². The topological polar surface area (TPSA) is 175 Å². The SMILES string of the molecule is CCOC(=O)C(CCCCN)NP(=O)(COc1cc(C)c(CC2=CC(C(C)C)=C(O)CC2)c(C)c1)NC(CCCCN)C(=O)OCC. The number of carbonyl (C=O) groups excluding carboxylic acids is 2. The first kappa shape index (κ1) is 40.5. The van der Waals surface area contributed by atoms with E-state index in [9.17, 15) is 19.3 Å². The van der Waals surface area contributed by atoms with Gasteiger partial charge in [-0.1, -0.05) is 38.3 Å². The van der Waals surface area contributed by atoms with Crippen LogP contribution in [-0.4, -0.2) is 61.8 Å². The summed E-state index contributed by atoms with van der Waals surface area (Å²) in [7, 11) is -3.77. The van der Waals surface area contributed by atoms with E-state index in [0.717, 1.165) is 29.5 Å². The number of nitrogens with one attached hydrogen (secondary N) is 2. The molecule has 2 atom stereocenters. The molecule has 0 aliphatic heterocycles. The molecule has 0 heterocycles. The molecule has 2 rings (SSSR count). The largest absolute Gasteiger partial charge is 0.512 e. The highest BCUT2D eigenvalue weighted by Crippen LogP contribution is 2.40. The van der Waals surface area contributed by atoms with Gasteiger partial charge in [0, 0.05) is 6.42 Å². The van der Waals surface area contributed by atoms with Crippen molar-refractivity contribution < 1.29 is 33.5 Å². The van der Waals surface area contributed by atoms with Gasteiger partial charge in [0.25, 0.3) is 0 Å². The summed E-state index contributed by atoms with van der Waals surface area (Å²) >= 11 is 0. The molecule has 1 aromatic carbocycles. The van der Waals surface area contributed by atoms with Crippen LogP contribution in [0.4, 0.5) is 0 Å². The second kappa shape index (κ2) is 20.6. The number of ether oxygens (including phenoxy) is 3. The van der Waals surface area contributed by atoms with Gasteiger partial charge >= 0.3 is 11.9 Å². The minimum Gasteiger partial charge on any atom is -0.512 e. The summed E-state index contributed by atoms with van der Waals surface area (Å²) < 4.78 is 31.4. The molecular formula is C35H59N4O7P. The quantitative estimate of drug-likeness (QED) is 0.0564. The van der Waals surface area contributed by atoms with E-state index >= 15 is 0 Å². The van der Waals surface area contributed by atoms with Crippen LogP contribution in [0.5, 0.6) is 5.75 Å². The summed E-state index contributed by atoms with van der Waals surface area (Å²) in [6.07, 6.45) is 7.34. The van der Waals surface area contributed by atoms with Crippen LogP contribution in [0.1, 0.15) is 95.8 Å². The van der Waals surface area contributed by atoms with Gasteiger partial charge in [-0.15, -0.1) is 0 Å². The first-order chi connectivity index (χ1) is 22.4. The van der Waals surface area contributed by atoms with Crippen molar-refractivity contribution in [3.8, 4) is 5.75 Å². The molecule has 1 aromatic rings. The van der Waals surface area contributed by atoms with E-state index in [4.69, 9.17) is 25.7 Å². The smallest absolute Gasteiger partial charge is 0.323 e. The zero-order valence-electron chi connectivity index (χ0n) is 29.4. The number of rotatable bonds is 22. The second-order valence-electron chi connectivity index (χ2n) is 12.5. The van der Waals surface area contributed by atoms with Crippen molar-refractivity contribution in [1.29, 1.82) is 0 Å². The molecule has 0 fully saturated rings. The lowest BCUT2D eigenvalue weighted by atomic mass is 9.86. The van der Waals surface area contributed by atoms with Crippen molar-refractivity contribution in [2.75, 3.05) is 32.7 Å². The van der Waals surface area contributed by atoms with Gasteiger partial charge in [-0.05, 0) is 120 Å². The van der Waals surface area contributed by atoms with Gasteiger partial charge in [0.05, 0.1) is 19.0 Å². The molecule has 2 unspecified atom stereocenters. The Bertz CT molecular complexity index is 1220. The number of nitrogens with two attached hydrogens (primary N) is 2. The van der Waals surface area contributed by atoms with Crippen molar-refractivity contribution in [2.24, 2.45) is 17.4 Å². The van der Waals surface area contributed by atoms with Crippen LogP contribution < -0.4 is 26.4 Å². The van der Waals surface area contributed by atoms with Gasteiger partial charge in [-0.25, -0.2) is 10.2 Å². The third-order valence-electron chi connectivity index (χ3n) is 8.25. The van der Waals surface area contributed by atoms with Crippen LogP contribution in [0, 0.1) is 19.8 Å². The molecule has 0 spiro atoms. The summed E-state index contributed by atoms with van der Waals surface area (Å²) in [6, 6.07) is 2.05. The molecule has 0 bridgehead atoms. The van der Waals surface area contributed by atoms with Gasteiger partial charge in [0.2, 0.25) is 7.44 Å². The summed E-state index contributed by atoms with van der Waals surface area (Å²) in [5, 5.41) is 16.4. The fourth-order valence-electron chi connectivity index (χ4n) is 5.70. The molecule has 1 aliphatic carbocycles. The number of esters is 2. The monoisotopic (exact) mass is 678 g/mol. The minimum atomic E-state index is -3.77. The Balaban J connectivity index is 2.37. The van der Waals surface area contributed by atoms with Crippen molar-refractivity contribution in [1.82, 2.24) is 10.2 Å². The number of aryl methyl sites for hydroxylation is 2. The maximum Gasteiger partial charge on any atom is 0.323 e. The van der Waals surface area contributed by atoms with Crippen molar-refractivity contribution in [3.05, 3.63) is 51.8 Å². The summed E-state index contributed by atoms with van der Waals surface area (Å²) in [5.41, 5.74) is 16.9. The molecular weight excluding hydrogens is 619 g/mol. The fourth-order valence-corrected chi connectivity index (χ4v) is 7.73. The Morgan fingerprint density at radius 2 is 1.40 bits per heavy atom. The molecule has 0 saturated heterocycles. The molecule has 12 heteroatoms. The van der Waals surface area contributed by atoms with Crippen LogP contribution in [-0.2, 0) is 30.0 Å². The van der Waals surface area contributed by atoms with E-state index in [0.29, 0.717) is 69.5 Å². The Morgan fingerprint density at radius 1 is 0.894 bits per heavy atom. The second-order valence-corrected chi connectivity index (χ2v) is 14.8. The van der Waals surface area contributed by atoms with Crippen LogP contribution in [0.25, 0.3) is 0 Å². The highest BCUT2D eigenvalue weighted by molar-refractivity contribution is 7.59. The van der Waals surface area contributed by atoms with E-state index < -0.39 is 31.5 Å². The predicted molar refractivity (Wildman–Crippen MR) is 187 cm³/mol. The van der Waals surface area contributed by atoms with Gasteiger partial charge < -0.3 is 30.8 Å². The third kappa shape index (κ3) is 13.4. The Labute approximate surface area is 281 Å². The first-order valence-electron chi connectivity index (χ1n) is 17.1. The molecule has 0 amide bonds. The van der Waals surface area contributed by atoms with Gasteiger partial charge in [-0.3, -0.25) is 14.2 Å². The van der Waals surface area contributed by atoms with Gasteiger partial charge in [-0.2, -0.15) is 0 Å². The molecule has 0 aromatic heterocycles. The maximum absolute atomic E-state index is 14.7. The number of hydrogen-bond donors (Lipinski definition) is 5. The number of aliphatic hydroxyl groups excluding tert-OH is 1. The van der Waals surface area contributed by atoms with E-state index in [-0.39, 0.29) is 25.5 Å². The van der Waals surface area contributed by atoms with E-state index in [2.05, 4.69) is 30.1 Å². The number of aliphatic hydroxyl groups is 1. The Kier molecular flexibility index (Phi) is 17.8. The van der Waals surface area contributed by atoms with Crippen LogP contribution in [0.15, 0.2) is 35.1 Å². The highest BCUT2D eigenvalue weighted by atomic mass is 31.2. The standard InChI is InChI=1S/C35H59N4O7P/c1-7-44-34(41)31(13-9-11-17-36)38-47(43,39-32(14-10-12-18-37)35(42)45-8-2)23-46-28-19-25(5)30(26(6)20-28)22-27-15-16-33(40)29(21-27)24(3)4/h19-21,24,31-32,40H,7-18,22-23,36-37H2,1-6H3,(H2,38,39,43). The lowest BCUT2D eigenvalue weighted by Gasteiger charge is -2.29. The number of benzene rings is 1. The van der Waals surface area contributed by atoms with Crippen molar-refractivity contribution in [2.45, 2.75) is 111 Å². The van der Waals surface area contributed by atoms with E-state index in [1.165, 1.54) is 11.1 Å². The Hall–Kier alpha value is -2.69. The molecule has 7 N–H and O–H groups in total. The van der Waals surface area contributed by atoms with Crippen LogP contribution >= 0.6 is 7.44 Å². The average molecular weight is 679 g/mol. The zero-order chi connectivity index (χ0) is 35.0. The highest BCUT2D eigenvalue weighted by Gasteiger charge is 2.35. The third-order valence-corrected chi connectivity index (χ3v) is 10.2. The number of carbonyl (C=O) groups is 2. The number of allylic oxidation sites excluding steroid dienone is 4. The molecule has 266 valence electrons. The molecule has 47 heavy (non-hydrogen) atoms. The fraction of sp³-hybridized carbons (Fsp3) is 0.657. The zero-order valence-corrected chi connectivity index (χ0v) is 30.3. The summed E-state index contributed by atoms with van der Waals surface area (Å²) in [6.45, 7) is 12.9. The van der Waals surface area contributed by atoms with Gasteiger partial charge in [0.15, 0.2) is 6.35 Å². The molecule has 1 aliphatic rings. The summed E-state index contributed by atoms with van der Waals surface area (Å²) in [4.78, 5) is 25.9. The van der Waals surface area contributed by atoms with E-state index in [1.807, 2.05) is 26.0 Å². The molecule has 11 nitrogen and oxygen atoms in total. The Morgan fingerprint density at radius 3 is 1.85 bits per heavy atom. The lowest BCUT2D eigenvalue weighted by Crippen LogP contribution is -2.45. The number of unbranched alkanes of at least 4 members (excludes halogenated alkanes) is 2. The van der Waals surface area contributed by atoms with Gasteiger partial charge in [0.1, 0.15) is 17.8 Å². The average Bonchev–Trinajstić information content (AvgIpc) is 3.02. The first-order valence-corrected chi connectivity index (χ1v) is 19.0. The van der Waals surface area contributed by atoms with Crippen LogP contribution in [0.3, 0.4) is 0 Å². The predicted octanol–water partition coefficient (Wildman–Crippen LogP) is 5.86. The van der Waals surface area contributed by atoms with Crippen LogP contribution in [0.2, 0.25) is 0 Å². The summed E-state index contributed by atoms with van der Waals surface area (Å²) in [5.74, 6) is 0.187. The maximum atomic E-state index is 14.7. The molecule has 0 saturated carbocycles. The molecule has 0 radical (unpaired) electrons. The minimum absolute atomic E-state index is 0.171. The van der Waals surface area contributed by atoms with Crippen molar-refractivity contribution in [3.63, 3.8) is 0 Å². The van der Waals surface area contributed by atoms with E-state index in [1.54, 1.807) is 13.8 Å².